The number of rotatable bonds is 6. The van der Waals surface area contributed by atoms with Crippen molar-refractivity contribution in [1.82, 2.24) is 5.32 Å². The van der Waals surface area contributed by atoms with E-state index in [-0.39, 0.29) is 18.1 Å². The SMILES string of the molecule is CCC(=O)NC1N=CC(Cc2cccc(NS(C)(=O)=O)c2)=CC1=O. The first-order valence-electron chi connectivity index (χ1n) is 7.40. The minimum Gasteiger partial charge on any atom is -0.328 e. The first-order valence-corrected chi connectivity index (χ1v) is 9.29. The van der Waals surface area contributed by atoms with Gasteiger partial charge in [0.25, 0.3) is 0 Å². The van der Waals surface area contributed by atoms with E-state index in [1.807, 2.05) is 6.07 Å². The molecular weight excluding hydrogens is 330 g/mol. The third-order valence-corrected chi connectivity index (χ3v) is 3.85. The van der Waals surface area contributed by atoms with E-state index in [9.17, 15) is 18.0 Å². The predicted molar refractivity (Wildman–Crippen MR) is 92.4 cm³/mol. The third kappa shape index (κ3) is 5.31. The molecule has 0 saturated carbocycles. The molecule has 0 fully saturated rings. The number of sulfonamides is 1. The van der Waals surface area contributed by atoms with Crippen LogP contribution in [0.2, 0.25) is 0 Å². The van der Waals surface area contributed by atoms with Crippen LogP contribution in [0.15, 0.2) is 40.9 Å². The quantitative estimate of drug-likeness (QED) is 0.800. The molecule has 0 aliphatic carbocycles. The van der Waals surface area contributed by atoms with Gasteiger partial charge in [0.15, 0.2) is 6.17 Å². The fourth-order valence-electron chi connectivity index (χ4n) is 2.20. The van der Waals surface area contributed by atoms with Crippen LogP contribution in [0.5, 0.6) is 0 Å². The maximum Gasteiger partial charge on any atom is 0.229 e. The number of benzene rings is 1. The topological polar surface area (TPSA) is 105 Å². The number of nitrogens with one attached hydrogen (secondary N) is 2. The lowest BCUT2D eigenvalue weighted by molar-refractivity contribution is -0.125. The van der Waals surface area contributed by atoms with E-state index in [2.05, 4.69) is 15.0 Å². The van der Waals surface area contributed by atoms with Gasteiger partial charge in [-0.05, 0) is 35.8 Å². The molecule has 8 heteroatoms. The molecule has 24 heavy (non-hydrogen) atoms. The van der Waals surface area contributed by atoms with Crippen LogP contribution in [-0.4, -0.2) is 38.7 Å². The number of hydrogen-bond donors (Lipinski definition) is 2. The molecule has 0 saturated heterocycles. The summed E-state index contributed by atoms with van der Waals surface area (Å²) in [4.78, 5) is 27.4. The van der Waals surface area contributed by atoms with Crippen molar-refractivity contribution in [2.45, 2.75) is 25.9 Å². The maximum absolute atomic E-state index is 12.0. The first-order chi connectivity index (χ1) is 11.3. The van der Waals surface area contributed by atoms with Crippen molar-refractivity contribution in [3.8, 4) is 0 Å². The fourth-order valence-corrected chi connectivity index (χ4v) is 2.75. The molecule has 0 spiro atoms. The zero-order chi connectivity index (χ0) is 17.7. The molecule has 1 aliphatic heterocycles. The average molecular weight is 349 g/mol. The highest BCUT2D eigenvalue weighted by molar-refractivity contribution is 7.92. The average Bonchev–Trinajstić information content (AvgIpc) is 2.48. The molecule has 2 N–H and O–H groups in total. The van der Waals surface area contributed by atoms with Gasteiger partial charge in [-0.25, -0.2) is 8.42 Å². The second-order valence-electron chi connectivity index (χ2n) is 5.47. The molecule has 1 aromatic carbocycles. The summed E-state index contributed by atoms with van der Waals surface area (Å²) < 4.78 is 24.9. The van der Waals surface area contributed by atoms with Gasteiger partial charge in [-0.15, -0.1) is 0 Å². The summed E-state index contributed by atoms with van der Waals surface area (Å²) in [5.74, 6) is -0.512. The Hall–Kier alpha value is -2.48. The number of carbonyl (C=O) groups excluding carboxylic acids is 2. The Kier molecular flexibility index (Phi) is 5.50. The van der Waals surface area contributed by atoms with E-state index < -0.39 is 16.2 Å². The van der Waals surface area contributed by atoms with Gasteiger partial charge in [0, 0.05) is 18.3 Å². The highest BCUT2D eigenvalue weighted by atomic mass is 32.2. The summed E-state index contributed by atoms with van der Waals surface area (Å²) in [5.41, 5.74) is 1.99. The first kappa shape index (κ1) is 17.9. The number of carbonyl (C=O) groups is 2. The smallest absolute Gasteiger partial charge is 0.229 e. The van der Waals surface area contributed by atoms with Crippen LogP contribution in [0.4, 0.5) is 5.69 Å². The van der Waals surface area contributed by atoms with Gasteiger partial charge in [0.2, 0.25) is 21.7 Å². The molecule has 1 aromatic rings. The van der Waals surface area contributed by atoms with E-state index in [1.54, 1.807) is 31.3 Å². The van der Waals surface area contributed by atoms with Crippen molar-refractivity contribution in [3.63, 3.8) is 0 Å². The highest BCUT2D eigenvalue weighted by Gasteiger charge is 2.20. The molecule has 1 amide bonds. The summed E-state index contributed by atoms with van der Waals surface area (Å²) in [6, 6.07) is 6.91. The summed E-state index contributed by atoms with van der Waals surface area (Å²) >= 11 is 0. The summed E-state index contributed by atoms with van der Waals surface area (Å²) in [5, 5.41) is 2.53. The summed E-state index contributed by atoms with van der Waals surface area (Å²) in [6.07, 6.45) is 3.95. The molecule has 1 unspecified atom stereocenters. The Balaban J connectivity index is 2.06. The van der Waals surface area contributed by atoms with Gasteiger partial charge in [-0.2, -0.15) is 0 Å². The summed E-state index contributed by atoms with van der Waals surface area (Å²) in [6.45, 7) is 1.70. The second-order valence-corrected chi connectivity index (χ2v) is 7.22. The molecule has 1 aliphatic rings. The van der Waals surface area contributed by atoms with Crippen LogP contribution in [0.3, 0.4) is 0 Å². The molecule has 7 nitrogen and oxygen atoms in total. The van der Waals surface area contributed by atoms with Crippen molar-refractivity contribution in [1.29, 1.82) is 0 Å². The Labute approximate surface area is 140 Å². The lowest BCUT2D eigenvalue weighted by Crippen LogP contribution is -2.40. The highest BCUT2D eigenvalue weighted by Crippen LogP contribution is 2.16. The van der Waals surface area contributed by atoms with Gasteiger partial charge in [-0.3, -0.25) is 19.3 Å². The second kappa shape index (κ2) is 7.39. The Morgan fingerprint density at radius 1 is 1.33 bits per heavy atom. The number of dihydropyridines is 1. The zero-order valence-corrected chi connectivity index (χ0v) is 14.3. The fraction of sp³-hybridized carbons (Fsp3) is 0.312. The normalized spacial score (nSPS) is 17.3. The largest absolute Gasteiger partial charge is 0.328 e. The number of ketones is 1. The van der Waals surface area contributed by atoms with Crippen molar-refractivity contribution in [3.05, 3.63) is 41.5 Å². The Morgan fingerprint density at radius 2 is 2.08 bits per heavy atom. The number of nitrogens with zero attached hydrogens (tertiary/aromatic N) is 1. The van der Waals surface area contributed by atoms with Crippen LogP contribution in [-0.2, 0) is 26.0 Å². The van der Waals surface area contributed by atoms with E-state index in [1.165, 1.54) is 6.08 Å². The Morgan fingerprint density at radius 3 is 2.71 bits per heavy atom. The Bertz CT molecular complexity index is 812. The molecule has 128 valence electrons. The van der Waals surface area contributed by atoms with Crippen LogP contribution < -0.4 is 10.0 Å². The minimum atomic E-state index is -3.34. The molecule has 1 heterocycles. The van der Waals surface area contributed by atoms with Gasteiger partial charge in [0.05, 0.1) is 6.26 Å². The predicted octanol–water partition coefficient (Wildman–Crippen LogP) is 1.03. The third-order valence-electron chi connectivity index (χ3n) is 3.24. The van der Waals surface area contributed by atoms with Gasteiger partial charge < -0.3 is 5.32 Å². The van der Waals surface area contributed by atoms with Crippen LogP contribution in [0.25, 0.3) is 0 Å². The van der Waals surface area contributed by atoms with E-state index in [0.29, 0.717) is 17.7 Å². The number of anilines is 1. The molecule has 0 radical (unpaired) electrons. The zero-order valence-electron chi connectivity index (χ0n) is 13.4. The number of hydrogen-bond acceptors (Lipinski definition) is 5. The lowest BCUT2D eigenvalue weighted by atomic mass is 10.0. The van der Waals surface area contributed by atoms with Gasteiger partial charge >= 0.3 is 0 Å². The van der Waals surface area contributed by atoms with E-state index in [4.69, 9.17) is 0 Å². The van der Waals surface area contributed by atoms with Crippen molar-refractivity contribution < 1.29 is 18.0 Å². The summed E-state index contributed by atoms with van der Waals surface area (Å²) in [7, 11) is -3.34. The van der Waals surface area contributed by atoms with Crippen LogP contribution in [0, 0.1) is 0 Å². The molecule has 0 bridgehead atoms. The molecule has 2 rings (SSSR count). The van der Waals surface area contributed by atoms with Crippen molar-refractivity contribution >= 4 is 33.6 Å². The number of aliphatic imine (C=N–C) groups is 1. The van der Waals surface area contributed by atoms with E-state index in [0.717, 1.165) is 11.8 Å². The lowest BCUT2D eigenvalue weighted by Gasteiger charge is -2.16. The van der Waals surface area contributed by atoms with Crippen molar-refractivity contribution in [2.75, 3.05) is 11.0 Å². The van der Waals surface area contributed by atoms with Crippen molar-refractivity contribution in [2.24, 2.45) is 4.99 Å². The van der Waals surface area contributed by atoms with Gasteiger partial charge in [-0.1, -0.05) is 19.1 Å². The molecular formula is C16H19N3O4S. The van der Waals surface area contributed by atoms with Crippen LogP contribution >= 0.6 is 0 Å². The monoisotopic (exact) mass is 349 g/mol. The maximum atomic E-state index is 12.0. The minimum absolute atomic E-state index is 0.234. The molecule has 1 atom stereocenters. The van der Waals surface area contributed by atoms with Crippen LogP contribution in [0.1, 0.15) is 18.9 Å². The van der Waals surface area contributed by atoms with Gasteiger partial charge in [0.1, 0.15) is 0 Å². The van der Waals surface area contributed by atoms with E-state index >= 15 is 0 Å². The standard InChI is InChI=1S/C16H19N3O4S/c1-3-15(21)18-16-14(20)9-12(10-17-16)7-11-5-4-6-13(8-11)19-24(2,22)23/h4-6,8-10,16,19H,3,7H2,1-2H3,(H,18,21). The number of amides is 1. The molecule has 0 aromatic heterocycles. The number of allylic oxidation sites excluding steroid dienone is 1.